The van der Waals surface area contributed by atoms with Crippen LogP contribution in [-0.2, 0) is 14.8 Å². The second-order valence-electron chi connectivity index (χ2n) is 6.07. The molecule has 0 saturated heterocycles. The van der Waals surface area contributed by atoms with Crippen LogP contribution in [0, 0.1) is 0 Å². The van der Waals surface area contributed by atoms with Crippen molar-refractivity contribution in [1.29, 1.82) is 0 Å². The maximum atomic E-state index is 12.1. The third kappa shape index (κ3) is 6.42. The highest BCUT2D eigenvalue weighted by atomic mass is 35.5. The fourth-order valence-electron chi connectivity index (χ4n) is 2.33. The van der Waals surface area contributed by atoms with Crippen molar-refractivity contribution in [1.82, 2.24) is 4.72 Å². The minimum absolute atomic E-state index is 0. The van der Waals surface area contributed by atoms with Gasteiger partial charge in [0.1, 0.15) is 0 Å². The van der Waals surface area contributed by atoms with Crippen LogP contribution in [0.15, 0.2) is 59.5 Å². The van der Waals surface area contributed by atoms with Crippen LogP contribution in [0.1, 0.15) is 31.9 Å². The van der Waals surface area contributed by atoms with Gasteiger partial charge >= 0.3 is 0 Å². The van der Waals surface area contributed by atoms with Gasteiger partial charge < -0.3 is 11.1 Å². The molecule has 0 aliphatic rings. The average Bonchev–Trinajstić information content (AvgIpc) is 2.55. The van der Waals surface area contributed by atoms with Gasteiger partial charge in [-0.05, 0) is 43.7 Å². The second-order valence-corrected chi connectivity index (χ2v) is 7.78. The summed E-state index contributed by atoms with van der Waals surface area (Å²) in [6, 6.07) is 14.8. The third-order valence-corrected chi connectivity index (χ3v) is 5.15. The molecule has 8 heteroatoms. The Labute approximate surface area is 160 Å². The number of carbonyl (C=O) groups excluding carboxylic acids is 1. The van der Waals surface area contributed by atoms with Crippen molar-refractivity contribution in [2.45, 2.75) is 37.2 Å². The van der Waals surface area contributed by atoms with Crippen molar-refractivity contribution in [2.75, 3.05) is 5.32 Å². The Hall–Kier alpha value is -1.93. The zero-order valence-corrected chi connectivity index (χ0v) is 16.3. The Balaban J connectivity index is 0.00000338. The van der Waals surface area contributed by atoms with Crippen molar-refractivity contribution in [3.63, 3.8) is 0 Å². The highest BCUT2D eigenvalue weighted by molar-refractivity contribution is 7.89. The Morgan fingerprint density at radius 2 is 1.62 bits per heavy atom. The summed E-state index contributed by atoms with van der Waals surface area (Å²) in [7, 11) is -3.54. The summed E-state index contributed by atoms with van der Waals surface area (Å²) >= 11 is 0. The fraction of sp³-hybridized carbons (Fsp3) is 0.278. The number of sulfonamides is 1. The van der Waals surface area contributed by atoms with Crippen LogP contribution < -0.4 is 15.8 Å². The predicted molar refractivity (Wildman–Crippen MR) is 106 cm³/mol. The molecule has 1 unspecified atom stereocenters. The molecule has 6 nitrogen and oxygen atoms in total. The van der Waals surface area contributed by atoms with Crippen molar-refractivity contribution in [3.05, 3.63) is 60.2 Å². The molecule has 0 radical (unpaired) electrons. The van der Waals surface area contributed by atoms with Crippen LogP contribution in [0.4, 0.5) is 5.69 Å². The molecule has 0 bridgehead atoms. The van der Waals surface area contributed by atoms with Gasteiger partial charge in [-0.15, -0.1) is 12.4 Å². The maximum Gasteiger partial charge on any atom is 0.240 e. The zero-order valence-electron chi connectivity index (χ0n) is 14.7. The minimum Gasteiger partial charge on any atom is -0.326 e. The third-order valence-electron chi connectivity index (χ3n) is 3.47. The number of anilines is 1. The van der Waals surface area contributed by atoms with Gasteiger partial charge in [0.15, 0.2) is 0 Å². The van der Waals surface area contributed by atoms with E-state index in [1.165, 1.54) is 12.1 Å². The largest absolute Gasteiger partial charge is 0.326 e. The molecule has 142 valence electrons. The van der Waals surface area contributed by atoms with Crippen LogP contribution in [0.2, 0.25) is 0 Å². The lowest BCUT2D eigenvalue weighted by Crippen LogP contribution is -2.30. The Morgan fingerprint density at radius 1 is 1.04 bits per heavy atom. The molecule has 1 atom stereocenters. The molecule has 2 aromatic carbocycles. The lowest BCUT2D eigenvalue weighted by atomic mass is 10.0. The van der Waals surface area contributed by atoms with E-state index in [1.54, 1.807) is 26.0 Å². The van der Waals surface area contributed by atoms with E-state index in [1.807, 2.05) is 30.3 Å². The number of nitrogens with one attached hydrogen (secondary N) is 2. The summed E-state index contributed by atoms with van der Waals surface area (Å²) in [6.07, 6.45) is 0.138. The molecule has 1 amide bonds. The average molecular weight is 398 g/mol. The van der Waals surface area contributed by atoms with Crippen molar-refractivity contribution < 1.29 is 13.2 Å². The van der Waals surface area contributed by atoms with E-state index in [-0.39, 0.29) is 35.7 Å². The van der Waals surface area contributed by atoms with E-state index >= 15 is 0 Å². The first-order chi connectivity index (χ1) is 11.8. The van der Waals surface area contributed by atoms with Crippen LogP contribution in [-0.4, -0.2) is 20.4 Å². The molecule has 0 aliphatic carbocycles. The van der Waals surface area contributed by atoms with Crippen molar-refractivity contribution in [3.8, 4) is 0 Å². The molecule has 0 fully saturated rings. The first-order valence-electron chi connectivity index (χ1n) is 8.00. The molecule has 4 N–H and O–H groups in total. The van der Waals surface area contributed by atoms with Crippen LogP contribution in [0.3, 0.4) is 0 Å². The number of halogens is 1. The van der Waals surface area contributed by atoms with E-state index in [0.29, 0.717) is 5.69 Å². The van der Waals surface area contributed by atoms with Crippen molar-refractivity contribution >= 4 is 34.0 Å². The number of carbonyl (C=O) groups is 1. The molecule has 0 aliphatic heterocycles. The van der Waals surface area contributed by atoms with E-state index < -0.39 is 16.1 Å². The topological polar surface area (TPSA) is 101 Å². The molecule has 0 heterocycles. The highest BCUT2D eigenvalue weighted by Gasteiger charge is 2.16. The highest BCUT2D eigenvalue weighted by Crippen LogP contribution is 2.17. The molecule has 0 aromatic heterocycles. The summed E-state index contributed by atoms with van der Waals surface area (Å²) in [5.74, 6) is -0.229. The molecular formula is C18H24ClN3O3S. The number of rotatable bonds is 7. The second kappa shape index (κ2) is 9.68. The maximum absolute atomic E-state index is 12.1. The Kier molecular flexibility index (Phi) is 8.23. The summed E-state index contributed by atoms with van der Waals surface area (Å²) in [6.45, 7) is 3.50. The van der Waals surface area contributed by atoms with Gasteiger partial charge in [0.25, 0.3) is 0 Å². The number of nitrogens with two attached hydrogens (primary N) is 1. The smallest absolute Gasteiger partial charge is 0.240 e. The number of hydrogen-bond donors (Lipinski definition) is 3. The van der Waals surface area contributed by atoms with Crippen LogP contribution in [0.5, 0.6) is 0 Å². The summed E-state index contributed by atoms with van der Waals surface area (Å²) in [4.78, 5) is 12.3. The minimum atomic E-state index is -3.54. The number of benzene rings is 2. The Morgan fingerprint density at radius 3 is 2.15 bits per heavy atom. The van der Waals surface area contributed by atoms with E-state index in [2.05, 4.69) is 10.0 Å². The molecule has 2 aromatic rings. The van der Waals surface area contributed by atoms with Gasteiger partial charge in [-0.25, -0.2) is 13.1 Å². The van der Waals surface area contributed by atoms with Gasteiger partial charge in [-0.1, -0.05) is 30.3 Å². The van der Waals surface area contributed by atoms with E-state index in [0.717, 1.165) is 5.56 Å². The molecular weight excluding hydrogens is 374 g/mol. The Bertz CT molecular complexity index is 809. The SMILES string of the molecule is CC(C)NS(=O)(=O)c1ccc(NC(=O)CC(N)c2ccccc2)cc1.Cl. The van der Waals surface area contributed by atoms with Gasteiger partial charge in [0.05, 0.1) is 4.90 Å². The monoisotopic (exact) mass is 397 g/mol. The lowest BCUT2D eigenvalue weighted by Gasteiger charge is -2.13. The molecule has 0 spiro atoms. The summed E-state index contributed by atoms with van der Waals surface area (Å²) < 4.78 is 26.6. The van der Waals surface area contributed by atoms with Gasteiger partial charge in [-0.3, -0.25) is 4.79 Å². The lowest BCUT2D eigenvalue weighted by molar-refractivity contribution is -0.116. The van der Waals surface area contributed by atoms with Crippen molar-refractivity contribution in [2.24, 2.45) is 5.73 Å². The molecule has 26 heavy (non-hydrogen) atoms. The predicted octanol–water partition coefficient (Wildman–Crippen LogP) is 2.82. The van der Waals surface area contributed by atoms with Gasteiger partial charge in [-0.2, -0.15) is 0 Å². The quantitative estimate of drug-likeness (QED) is 0.668. The van der Waals surface area contributed by atoms with Gasteiger partial charge in [0.2, 0.25) is 15.9 Å². The van der Waals surface area contributed by atoms with E-state index in [9.17, 15) is 13.2 Å². The van der Waals surface area contributed by atoms with Gasteiger partial charge in [0, 0.05) is 24.2 Å². The number of hydrogen-bond acceptors (Lipinski definition) is 4. The summed E-state index contributed by atoms with van der Waals surface area (Å²) in [5, 5.41) is 2.73. The zero-order chi connectivity index (χ0) is 18.4. The summed E-state index contributed by atoms with van der Waals surface area (Å²) in [5.41, 5.74) is 7.44. The molecule has 0 saturated carbocycles. The first-order valence-corrected chi connectivity index (χ1v) is 9.49. The fourth-order valence-corrected chi connectivity index (χ4v) is 3.58. The number of amides is 1. The standard InChI is InChI=1S/C18H23N3O3S.ClH/c1-13(2)21-25(23,24)16-10-8-15(9-11-16)20-18(22)12-17(19)14-6-4-3-5-7-14;/h3-11,13,17,21H,12,19H2,1-2H3,(H,20,22);1H. The van der Waals surface area contributed by atoms with E-state index in [4.69, 9.17) is 5.73 Å². The van der Waals surface area contributed by atoms with Crippen LogP contribution >= 0.6 is 12.4 Å². The molecule has 2 rings (SSSR count). The van der Waals surface area contributed by atoms with Crippen LogP contribution in [0.25, 0.3) is 0 Å². The normalized spacial score (nSPS) is 12.3. The first kappa shape index (κ1) is 22.1.